The number of hydrogen-bond acceptors (Lipinski definition) is 5. The summed E-state index contributed by atoms with van der Waals surface area (Å²) in [6.07, 6.45) is 4.48. The molecule has 0 atom stereocenters. The van der Waals surface area contributed by atoms with Crippen molar-refractivity contribution in [3.63, 3.8) is 0 Å². The molecule has 0 bridgehead atoms. The second-order valence-electron chi connectivity index (χ2n) is 7.82. The maximum Gasteiger partial charge on any atom is 0.283 e. The van der Waals surface area contributed by atoms with Crippen LogP contribution >= 0.6 is 11.8 Å². The Hall–Kier alpha value is -3.65. The summed E-state index contributed by atoms with van der Waals surface area (Å²) in [6.45, 7) is 5.20. The summed E-state index contributed by atoms with van der Waals surface area (Å²) in [4.78, 5) is 16.9. The standard InChI is InChI=1S/C25H23N5O2S/c1-3-22-28-30-23(26)20(24(31)27-25(30)33-22)14-17-15-29(21-7-5-4-6-19(17)21)12-13-32-18-10-8-16(2)9-11-18/h4-11,14-15,26H,3,12-13H2,1-2H3/b20-14-,26-23?. The smallest absolute Gasteiger partial charge is 0.283 e. The number of hydrogen-bond donors (Lipinski definition) is 1. The first kappa shape index (κ1) is 21.2. The molecule has 2 aliphatic rings. The van der Waals surface area contributed by atoms with Gasteiger partial charge in [0.25, 0.3) is 5.91 Å². The molecule has 166 valence electrons. The van der Waals surface area contributed by atoms with Crippen LogP contribution < -0.4 is 4.74 Å². The van der Waals surface area contributed by atoms with Crippen LogP contribution in [-0.2, 0) is 11.3 Å². The SMILES string of the molecule is CCC1=NN2C(=N)/C(=C/c3cn(CCOc4ccc(C)cc4)c4ccccc34)C(=O)N=C2S1. The van der Waals surface area contributed by atoms with Gasteiger partial charge < -0.3 is 9.30 Å². The zero-order chi connectivity index (χ0) is 22.9. The lowest BCUT2D eigenvalue weighted by atomic mass is 10.1. The fourth-order valence-corrected chi connectivity index (χ4v) is 4.63. The lowest BCUT2D eigenvalue weighted by Gasteiger charge is -2.20. The third-order valence-corrected chi connectivity index (χ3v) is 6.59. The van der Waals surface area contributed by atoms with E-state index in [0.29, 0.717) is 18.3 Å². The van der Waals surface area contributed by atoms with Crippen LogP contribution in [0.5, 0.6) is 5.75 Å². The Kier molecular flexibility index (Phi) is 5.60. The summed E-state index contributed by atoms with van der Waals surface area (Å²) < 4.78 is 8.02. The number of aryl methyl sites for hydroxylation is 1. The van der Waals surface area contributed by atoms with Gasteiger partial charge >= 0.3 is 0 Å². The lowest BCUT2D eigenvalue weighted by Crippen LogP contribution is -2.35. The maximum absolute atomic E-state index is 12.7. The van der Waals surface area contributed by atoms with E-state index in [9.17, 15) is 4.79 Å². The number of ether oxygens (including phenoxy) is 1. The van der Waals surface area contributed by atoms with Gasteiger partial charge in [-0.2, -0.15) is 15.1 Å². The largest absolute Gasteiger partial charge is 0.492 e. The van der Waals surface area contributed by atoms with E-state index in [0.717, 1.165) is 33.7 Å². The summed E-state index contributed by atoms with van der Waals surface area (Å²) in [7, 11) is 0. The number of aromatic nitrogens is 1. The molecule has 1 aromatic heterocycles. The highest BCUT2D eigenvalue weighted by Crippen LogP contribution is 2.30. The first-order valence-corrected chi connectivity index (χ1v) is 11.6. The summed E-state index contributed by atoms with van der Waals surface area (Å²) in [5.41, 5.74) is 3.33. The molecule has 0 saturated carbocycles. The van der Waals surface area contributed by atoms with Crippen LogP contribution in [0.2, 0.25) is 0 Å². The number of aliphatic imine (C=N–C) groups is 1. The molecule has 2 aliphatic heterocycles. The number of nitrogens with zero attached hydrogens (tertiary/aromatic N) is 4. The molecule has 3 heterocycles. The molecule has 0 fully saturated rings. The highest BCUT2D eigenvalue weighted by atomic mass is 32.2. The fraction of sp³-hybridized carbons (Fsp3) is 0.200. The predicted molar refractivity (Wildman–Crippen MR) is 134 cm³/mol. The number of thioether (sulfide) groups is 1. The minimum Gasteiger partial charge on any atom is -0.492 e. The van der Waals surface area contributed by atoms with Gasteiger partial charge in [0.1, 0.15) is 17.4 Å². The van der Waals surface area contributed by atoms with Crippen LogP contribution in [0.25, 0.3) is 17.0 Å². The van der Waals surface area contributed by atoms with Crippen LogP contribution in [0, 0.1) is 12.3 Å². The van der Waals surface area contributed by atoms with E-state index in [-0.39, 0.29) is 11.4 Å². The Labute approximate surface area is 196 Å². The third-order valence-electron chi connectivity index (χ3n) is 5.54. The molecule has 0 aliphatic carbocycles. The Morgan fingerprint density at radius 1 is 1.15 bits per heavy atom. The fourth-order valence-electron chi connectivity index (χ4n) is 3.80. The Morgan fingerprint density at radius 2 is 1.94 bits per heavy atom. The van der Waals surface area contributed by atoms with E-state index in [1.807, 2.05) is 68.6 Å². The number of carbonyl (C=O) groups excluding carboxylic acids is 1. The van der Waals surface area contributed by atoms with E-state index in [1.54, 1.807) is 6.08 Å². The van der Waals surface area contributed by atoms with E-state index < -0.39 is 5.91 Å². The molecule has 1 N–H and O–H groups in total. The highest BCUT2D eigenvalue weighted by molar-refractivity contribution is 8.26. The molecule has 0 unspecified atom stereocenters. The van der Waals surface area contributed by atoms with Crippen molar-refractivity contribution >= 4 is 50.7 Å². The van der Waals surface area contributed by atoms with E-state index in [4.69, 9.17) is 10.1 Å². The van der Waals surface area contributed by atoms with E-state index in [1.165, 1.54) is 22.3 Å². The number of amides is 1. The Morgan fingerprint density at radius 3 is 2.73 bits per heavy atom. The van der Waals surface area contributed by atoms with Gasteiger partial charge in [-0.1, -0.05) is 42.8 Å². The van der Waals surface area contributed by atoms with Crippen molar-refractivity contribution < 1.29 is 9.53 Å². The predicted octanol–water partition coefficient (Wildman–Crippen LogP) is 5.06. The van der Waals surface area contributed by atoms with Gasteiger partial charge in [0.05, 0.1) is 12.1 Å². The minimum absolute atomic E-state index is 0.0560. The number of carbonyl (C=O) groups is 1. The quantitative estimate of drug-likeness (QED) is 0.525. The number of nitrogens with one attached hydrogen (secondary N) is 1. The highest BCUT2D eigenvalue weighted by Gasteiger charge is 2.35. The molecule has 0 saturated heterocycles. The Balaban J connectivity index is 1.42. The van der Waals surface area contributed by atoms with Gasteiger partial charge in [-0.3, -0.25) is 10.2 Å². The number of benzene rings is 2. The number of para-hydroxylation sites is 1. The molecule has 8 heteroatoms. The minimum atomic E-state index is -0.411. The van der Waals surface area contributed by atoms with E-state index in [2.05, 4.69) is 14.7 Å². The van der Waals surface area contributed by atoms with Crippen molar-refractivity contribution in [1.82, 2.24) is 9.58 Å². The van der Waals surface area contributed by atoms with Crippen LogP contribution in [0.3, 0.4) is 0 Å². The molecule has 0 spiro atoms. The van der Waals surface area contributed by atoms with Crippen LogP contribution in [-0.4, -0.2) is 38.1 Å². The molecule has 33 heavy (non-hydrogen) atoms. The monoisotopic (exact) mass is 457 g/mol. The summed E-state index contributed by atoms with van der Waals surface area (Å²) >= 11 is 1.34. The van der Waals surface area contributed by atoms with Gasteiger partial charge in [0.2, 0.25) is 5.17 Å². The van der Waals surface area contributed by atoms with Crippen molar-refractivity contribution in [2.75, 3.05) is 6.61 Å². The molecule has 5 rings (SSSR count). The number of amidine groups is 2. The maximum atomic E-state index is 12.7. The van der Waals surface area contributed by atoms with Crippen molar-refractivity contribution in [2.45, 2.75) is 26.8 Å². The van der Waals surface area contributed by atoms with Crippen molar-refractivity contribution in [3.05, 3.63) is 71.4 Å². The second-order valence-corrected chi connectivity index (χ2v) is 8.86. The van der Waals surface area contributed by atoms with E-state index >= 15 is 0 Å². The second kappa shape index (κ2) is 8.71. The zero-order valence-electron chi connectivity index (χ0n) is 18.4. The van der Waals surface area contributed by atoms with Crippen LogP contribution in [0.15, 0.2) is 70.4 Å². The Bertz CT molecular complexity index is 1350. The van der Waals surface area contributed by atoms with Gasteiger partial charge in [-0.05, 0) is 49.4 Å². The number of rotatable bonds is 6. The summed E-state index contributed by atoms with van der Waals surface area (Å²) in [5, 5.41) is 16.7. The van der Waals surface area contributed by atoms with Gasteiger partial charge in [0.15, 0.2) is 5.84 Å². The molecule has 0 radical (unpaired) electrons. The topological polar surface area (TPSA) is 83.0 Å². The van der Waals surface area contributed by atoms with Crippen LogP contribution in [0.1, 0.15) is 24.5 Å². The third kappa shape index (κ3) is 4.09. The van der Waals surface area contributed by atoms with Gasteiger partial charge in [-0.25, -0.2) is 0 Å². The molecular formula is C25H23N5O2S. The molecule has 7 nitrogen and oxygen atoms in total. The van der Waals surface area contributed by atoms with Crippen molar-refractivity contribution in [1.29, 1.82) is 5.41 Å². The summed E-state index contributed by atoms with van der Waals surface area (Å²) in [6, 6.07) is 16.0. The van der Waals surface area contributed by atoms with Crippen molar-refractivity contribution in [3.8, 4) is 5.75 Å². The first-order valence-electron chi connectivity index (χ1n) is 10.8. The van der Waals surface area contributed by atoms with Gasteiger partial charge in [0, 0.05) is 22.7 Å². The number of hydrazone groups is 1. The summed E-state index contributed by atoms with van der Waals surface area (Å²) in [5.74, 6) is 0.483. The normalized spacial score (nSPS) is 16.9. The van der Waals surface area contributed by atoms with Crippen LogP contribution in [0.4, 0.5) is 0 Å². The average Bonchev–Trinajstić information content (AvgIpc) is 3.39. The molecule has 1 amide bonds. The lowest BCUT2D eigenvalue weighted by molar-refractivity contribution is -0.114. The molecule has 3 aromatic rings. The van der Waals surface area contributed by atoms with Crippen molar-refractivity contribution in [2.24, 2.45) is 10.1 Å². The molecule has 2 aromatic carbocycles. The zero-order valence-corrected chi connectivity index (χ0v) is 19.2. The molecular weight excluding hydrogens is 434 g/mol. The van der Waals surface area contributed by atoms with Gasteiger partial charge in [-0.15, -0.1) is 0 Å². The first-order chi connectivity index (χ1) is 16.0. The average molecular weight is 458 g/mol. The number of fused-ring (bicyclic) bond motifs is 2.